The number of nitriles is 1. The maximum absolute atomic E-state index is 13.1. The van der Waals surface area contributed by atoms with E-state index in [1.807, 2.05) is 6.07 Å². The van der Waals surface area contributed by atoms with Crippen LogP contribution in [0.15, 0.2) is 29.4 Å². The van der Waals surface area contributed by atoms with Gasteiger partial charge in [-0.3, -0.25) is 4.79 Å². The lowest BCUT2D eigenvalue weighted by atomic mass is 10.2. The quantitative estimate of drug-likeness (QED) is 0.421. The van der Waals surface area contributed by atoms with Gasteiger partial charge < -0.3 is 10.1 Å². The lowest BCUT2D eigenvalue weighted by Crippen LogP contribution is -2.41. The first kappa shape index (κ1) is 26.1. The van der Waals surface area contributed by atoms with E-state index in [0.29, 0.717) is 12.8 Å². The lowest BCUT2D eigenvalue weighted by Gasteiger charge is -2.19. The molecule has 0 radical (unpaired) electrons. The first-order chi connectivity index (χ1) is 17.2. The van der Waals surface area contributed by atoms with Crippen LogP contribution in [-0.4, -0.2) is 69.1 Å². The summed E-state index contributed by atoms with van der Waals surface area (Å²) < 4.78 is 94.2. The lowest BCUT2D eigenvalue weighted by molar-refractivity contribution is -0.290. The van der Waals surface area contributed by atoms with Crippen LogP contribution < -0.4 is 10.1 Å². The fourth-order valence-electron chi connectivity index (χ4n) is 3.12. The SMILES string of the molecule is CCS(=O)(=O)c1nn2c(C(=O)NC3(C#N)CC3)ccnc2c1-c1ccc(OCC(F)(F)C(F)(F)F)nn1. The van der Waals surface area contributed by atoms with Crippen LogP contribution in [0.2, 0.25) is 0 Å². The molecule has 3 heterocycles. The maximum atomic E-state index is 13.1. The normalized spacial score (nSPS) is 15.3. The Morgan fingerprint density at radius 3 is 2.46 bits per heavy atom. The number of hydrogen-bond acceptors (Lipinski definition) is 9. The van der Waals surface area contributed by atoms with Crippen molar-refractivity contribution in [3.63, 3.8) is 0 Å². The Morgan fingerprint density at radius 1 is 1.22 bits per heavy atom. The Labute approximate surface area is 205 Å². The van der Waals surface area contributed by atoms with Crippen molar-refractivity contribution in [2.24, 2.45) is 0 Å². The molecule has 0 aliphatic heterocycles. The highest BCUT2D eigenvalue weighted by atomic mass is 32.2. The molecule has 3 aromatic heterocycles. The molecule has 37 heavy (non-hydrogen) atoms. The number of halogens is 5. The van der Waals surface area contributed by atoms with E-state index in [4.69, 9.17) is 0 Å². The average Bonchev–Trinajstić information content (AvgIpc) is 3.50. The highest BCUT2D eigenvalue weighted by molar-refractivity contribution is 7.91. The molecule has 0 bridgehead atoms. The van der Waals surface area contributed by atoms with Crippen molar-refractivity contribution < 1.29 is 39.9 Å². The van der Waals surface area contributed by atoms with Gasteiger partial charge in [0.05, 0.1) is 17.4 Å². The number of carbonyl (C=O) groups excluding carboxylic acids is 1. The highest BCUT2D eigenvalue weighted by Crippen LogP contribution is 2.36. The topological polar surface area (TPSA) is 152 Å². The number of amides is 1. The number of ether oxygens (including phenoxy) is 1. The van der Waals surface area contributed by atoms with Gasteiger partial charge in [-0.2, -0.15) is 32.3 Å². The summed E-state index contributed by atoms with van der Waals surface area (Å²) in [5.41, 5.74) is -1.65. The van der Waals surface area contributed by atoms with Gasteiger partial charge >= 0.3 is 12.1 Å². The molecule has 0 spiro atoms. The monoisotopic (exact) mass is 545 g/mol. The summed E-state index contributed by atoms with van der Waals surface area (Å²) in [6.45, 7) is -0.696. The molecule has 1 fully saturated rings. The summed E-state index contributed by atoms with van der Waals surface area (Å²) in [4.78, 5) is 16.9. The van der Waals surface area contributed by atoms with Crippen LogP contribution in [0.4, 0.5) is 22.0 Å². The van der Waals surface area contributed by atoms with Crippen molar-refractivity contribution in [3.8, 4) is 23.2 Å². The average molecular weight is 545 g/mol. The molecule has 1 amide bonds. The number of rotatable bonds is 8. The van der Waals surface area contributed by atoms with Crippen molar-refractivity contribution in [1.29, 1.82) is 5.26 Å². The maximum Gasteiger partial charge on any atom is 0.456 e. The molecule has 0 unspecified atom stereocenters. The Kier molecular flexibility index (Phi) is 6.26. The molecule has 1 aliphatic carbocycles. The number of nitrogens with zero attached hydrogens (tertiary/aromatic N) is 6. The standard InChI is InChI=1S/C20H16F5N7O4S/c1-2-37(34,35)17-14(11-3-4-13(30-29-11)36-10-19(21,22)20(23,24)25)15-27-8-5-12(32(15)31-17)16(33)28-18(9-26)6-7-18/h3-5,8H,2,6-7,10H2,1H3,(H,28,33). The van der Waals surface area contributed by atoms with E-state index in [-0.39, 0.29) is 22.6 Å². The highest BCUT2D eigenvalue weighted by Gasteiger charge is 2.58. The molecule has 1 saturated carbocycles. The molecule has 196 valence electrons. The summed E-state index contributed by atoms with van der Waals surface area (Å²) in [7, 11) is -4.04. The van der Waals surface area contributed by atoms with Gasteiger partial charge in [0.15, 0.2) is 27.1 Å². The van der Waals surface area contributed by atoms with E-state index < -0.39 is 56.6 Å². The van der Waals surface area contributed by atoms with Gasteiger partial charge in [0.25, 0.3) is 5.91 Å². The number of sulfone groups is 1. The van der Waals surface area contributed by atoms with Gasteiger partial charge in [-0.05, 0) is 25.0 Å². The number of nitrogens with one attached hydrogen (secondary N) is 1. The Bertz CT molecular complexity index is 1510. The Morgan fingerprint density at radius 2 is 1.92 bits per heavy atom. The molecule has 1 N–H and O–H groups in total. The van der Waals surface area contributed by atoms with Gasteiger partial charge in [-0.1, -0.05) is 6.92 Å². The van der Waals surface area contributed by atoms with Crippen LogP contribution in [0.3, 0.4) is 0 Å². The molecule has 0 saturated heterocycles. The van der Waals surface area contributed by atoms with Crippen LogP contribution >= 0.6 is 0 Å². The van der Waals surface area contributed by atoms with E-state index in [2.05, 4.69) is 30.3 Å². The van der Waals surface area contributed by atoms with Crippen molar-refractivity contribution in [3.05, 3.63) is 30.1 Å². The van der Waals surface area contributed by atoms with E-state index >= 15 is 0 Å². The summed E-state index contributed by atoms with van der Waals surface area (Å²) in [5.74, 6) is -6.92. The van der Waals surface area contributed by atoms with Crippen LogP contribution in [0, 0.1) is 11.3 Å². The van der Waals surface area contributed by atoms with Crippen LogP contribution in [-0.2, 0) is 9.84 Å². The third-order valence-corrected chi connectivity index (χ3v) is 7.06. The van der Waals surface area contributed by atoms with E-state index in [0.717, 1.165) is 16.6 Å². The van der Waals surface area contributed by atoms with Gasteiger partial charge in [-0.25, -0.2) is 17.9 Å². The zero-order valence-electron chi connectivity index (χ0n) is 18.8. The number of alkyl halides is 5. The molecule has 0 aromatic carbocycles. The Balaban J connectivity index is 1.74. The Hall–Kier alpha value is -3.94. The largest absolute Gasteiger partial charge is 0.470 e. The van der Waals surface area contributed by atoms with Gasteiger partial charge in [0.2, 0.25) is 5.88 Å². The second-order valence-electron chi connectivity index (χ2n) is 8.04. The third kappa shape index (κ3) is 4.88. The number of fused-ring (bicyclic) bond motifs is 1. The smallest absolute Gasteiger partial charge is 0.456 e. The number of carbonyl (C=O) groups is 1. The van der Waals surface area contributed by atoms with Crippen LogP contribution in [0.25, 0.3) is 16.9 Å². The second-order valence-corrected chi connectivity index (χ2v) is 10.2. The molecule has 0 atom stereocenters. The molecule has 1 aliphatic rings. The first-order valence-electron chi connectivity index (χ1n) is 10.5. The molecular weight excluding hydrogens is 529 g/mol. The van der Waals surface area contributed by atoms with E-state index in [1.165, 1.54) is 19.2 Å². The van der Waals surface area contributed by atoms with Gasteiger partial charge in [-0.15, -0.1) is 10.2 Å². The van der Waals surface area contributed by atoms with Crippen LogP contribution in [0.5, 0.6) is 5.88 Å². The minimum Gasteiger partial charge on any atom is -0.470 e. The van der Waals surface area contributed by atoms with Gasteiger partial charge in [0, 0.05) is 12.3 Å². The summed E-state index contributed by atoms with van der Waals surface area (Å²) >= 11 is 0. The molecular formula is C20H16F5N7O4S. The summed E-state index contributed by atoms with van der Waals surface area (Å²) in [6.07, 6.45) is -3.73. The molecule has 4 rings (SSSR count). The summed E-state index contributed by atoms with van der Waals surface area (Å²) in [6, 6.07) is 5.25. The minimum absolute atomic E-state index is 0.131. The second kappa shape index (κ2) is 8.87. The van der Waals surface area contributed by atoms with Crippen molar-refractivity contribution in [2.75, 3.05) is 12.4 Å². The minimum atomic E-state index is -5.83. The third-order valence-electron chi connectivity index (χ3n) is 5.42. The first-order valence-corrected chi connectivity index (χ1v) is 12.1. The molecule has 17 heteroatoms. The molecule has 3 aromatic rings. The predicted octanol–water partition coefficient (Wildman–Crippen LogP) is 2.34. The van der Waals surface area contributed by atoms with E-state index in [9.17, 15) is 40.4 Å². The predicted molar refractivity (Wildman–Crippen MR) is 113 cm³/mol. The van der Waals surface area contributed by atoms with Crippen molar-refractivity contribution >= 4 is 21.4 Å². The molecule has 11 nitrogen and oxygen atoms in total. The number of hydrogen-bond donors (Lipinski definition) is 1. The van der Waals surface area contributed by atoms with Gasteiger partial charge in [0.1, 0.15) is 16.9 Å². The zero-order valence-corrected chi connectivity index (χ0v) is 19.6. The number of aromatic nitrogens is 5. The van der Waals surface area contributed by atoms with E-state index in [1.54, 1.807) is 0 Å². The van der Waals surface area contributed by atoms with Crippen molar-refractivity contribution in [2.45, 2.75) is 42.4 Å². The zero-order chi connectivity index (χ0) is 27.2. The van der Waals surface area contributed by atoms with Crippen LogP contribution in [0.1, 0.15) is 30.3 Å². The summed E-state index contributed by atoms with van der Waals surface area (Å²) in [5, 5.41) is 22.5. The van der Waals surface area contributed by atoms with Crippen molar-refractivity contribution in [1.82, 2.24) is 30.1 Å². The fourth-order valence-corrected chi connectivity index (χ4v) is 4.11. The fraction of sp³-hybridized carbons (Fsp3) is 0.400.